The Kier molecular flexibility index (Phi) is 2.37. The van der Waals surface area contributed by atoms with E-state index in [1.165, 1.54) is 0 Å². The van der Waals surface area contributed by atoms with Crippen LogP contribution in [0.1, 0.15) is 13.8 Å². The molecule has 15 heavy (non-hydrogen) atoms. The molecule has 0 aromatic carbocycles. The lowest BCUT2D eigenvalue weighted by Crippen LogP contribution is -2.19. The Morgan fingerprint density at radius 2 is 2.33 bits per heavy atom. The maximum atomic E-state index is 11.4. The quantitative estimate of drug-likeness (QED) is 0.779. The Balaban J connectivity index is 2.25. The van der Waals surface area contributed by atoms with E-state index in [1.807, 2.05) is 19.9 Å². The monoisotopic (exact) mass is 204 g/mol. The lowest BCUT2D eigenvalue weighted by Gasteiger charge is -2.05. The van der Waals surface area contributed by atoms with Gasteiger partial charge in [0.05, 0.1) is 17.2 Å². The number of carbonyl (C=O) groups is 1. The Bertz CT molecular complexity index is 489. The normalized spacial score (nSPS) is 10.9. The summed E-state index contributed by atoms with van der Waals surface area (Å²) in [6.45, 7) is 3.65. The zero-order chi connectivity index (χ0) is 10.8. The van der Waals surface area contributed by atoms with Crippen LogP contribution in [0.25, 0.3) is 11.0 Å². The fourth-order valence-electron chi connectivity index (χ4n) is 1.16. The number of anilines is 1. The second kappa shape index (κ2) is 3.68. The molecule has 0 fully saturated rings. The van der Waals surface area contributed by atoms with Crippen molar-refractivity contribution in [3.63, 3.8) is 0 Å². The molecule has 1 amide bonds. The van der Waals surface area contributed by atoms with Gasteiger partial charge in [-0.15, -0.1) is 0 Å². The summed E-state index contributed by atoms with van der Waals surface area (Å²) < 4.78 is 0. The standard InChI is InChI=1S/C10H12N4O/c1-6(2)9(15)14-10-12-5-8-7(13-10)3-4-11-8/h3-6,11H,1-2H3,(H,12,13,14,15). The second-order valence-corrected chi connectivity index (χ2v) is 3.61. The van der Waals surface area contributed by atoms with Crippen LogP contribution in [0, 0.1) is 5.92 Å². The molecule has 0 radical (unpaired) electrons. The number of nitrogens with one attached hydrogen (secondary N) is 2. The molecule has 0 unspecified atom stereocenters. The van der Waals surface area contributed by atoms with Gasteiger partial charge in [-0.1, -0.05) is 13.8 Å². The van der Waals surface area contributed by atoms with E-state index in [-0.39, 0.29) is 11.8 Å². The molecule has 0 saturated carbocycles. The molecule has 0 atom stereocenters. The highest BCUT2D eigenvalue weighted by Crippen LogP contribution is 2.10. The second-order valence-electron chi connectivity index (χ2n) is 3.61. The molecule has 5 nitrogen and oxygen atoms in total. The number of nitrogens with zero attached hydrogens (tertiary/aromatic N) is 2. The van der Waals surface area contributed by atoms with E-state index >= 15 is 0 Å². The third-order valence-electron chi connectivity index (χ3n) is 2.06. The third-order valence-corrected chi connectivity index (χ3v) is 2.06. The molecule has 5 heteroatoms. The lowest BCUT2D eigenvalue weighted by molar-refractivity contribution is -0.118. The van der Waals surface area contributed by atoms with E-state index in [0.717, 1.165) is 11.0 Å². The van der Waals surface area contributed by atoms with E-state index in [9.17, 15) is 4.79 Å². The predicted molar refractivity (Wildman–Crippen MR) is 57.4 cm³/mol. The molecular weight excluding hydrogens is 192 g/mol. The molecule has 0 saturated heterocycles. The SMILES string of the molecule is CC(C)C(=O)Nc1ncc2[nH]ccc2n1. The maximum Gasteiger partial charge on any atom is 0.230 e. The zero-order valence-electron chi connectivity index (χ0n) is 8.61. The number of hydrogen-bond donors (Lipinski definition) is 2. The number of fused-ring (bicyclic) bond motifs is 1. The van der Waals surface area contributed by atoms with Crippen LogP contribution in [-0.4, -0.2) is 20.9 Å². The molecule has 2 N–H and O–H groups in total. The summed E-state index contributed by atoms with van der Waals surface area (Å²) in [6, 6.07) is 1.84. The summed E-state index contributed by atoms with van der Waals surface area (Å²) in [6.07, 6.45) is 3.44. The number of H-pyrrole nitrogens is 1. The van der Waals surface area contributed by atoms with Gasteiger partial charge in [-0.05, 0) is 6.07 Å². The van der Waals surface area contributed by atoms with Crippen LogP contribution in [0.15, 0.2) is 18.5 Å². The first kappa shape index (κ1) is 9.64. The van der Waals surface area contributed by atoms with Gasteiger partial charge in [0.25, 0.3) is 0 Å². The van der Waals surface area contributed by atoms with Gasteiger partial charge in [0, 0.05) is 12.1 Å². The van der Waals surface area contributed by atoms with E-state index < -0.39 is 0 Å². The molecule has 78 valence electrons. The smallest absolute Gasteiger partial charge is 0.230 e. The number of aromatic nitrogens is 3. The van der Waals surface area contributed by atoms with Crippen molar-refractivity contribution in [1.82, 2.24) is 15.0 Å². The Morgan fingerprint density at radius 3 is 3.07 bits per heavy atom. The third kappa shape index (κ3) is 1.96. The number of rotatable bonds is 2. The van der Waals surface area contributed by atoms with Crippen LogP contribution in [-0.2, 0) is 4.79 Å². The van der Waals surface area contributed by atoms with Crippen LogP contribution in [0.5, 0.6) is 0 Å². The number of aromatic amines is 1. The van der Waals surface area contributed by atoms with Gasteiger partial charge >= 0.3 is 0 Å². The summed E-state index contributed by atoms with van der Waals surface area (Å²) in [4.78, 5) is 22.6. The van der Waals surface area contributed by atoms with Crippen LogP contribution < -0.4 is 5.32 Å². The van der Waals surface area contributed by atoms with Crippen molar-refractivity contribution in [1.29, 1.82) is 0 Å². The van der Waals surface area contributed by atoms with Crippen molar-refractivity contribution in [3.05, 3.63) is 18.5 Å². The zero-order valence-corrected chi connectivity index (χ0v) is 8.61. The van der Waals surface area contributed by atoms with Crippen molar-refractivity contribution in [2.45, 2.75) is 13.8 Å². The molecule has 2 heterocycles. The van der Waals surface area contributed by atoms with Gasteiger partial charge in [-0.25, -0.2) is 9.97 Å². The van der Waals surface area contributed by atoms with Gasteiger partial charge in [-0.3, -0.25) is 10.1 Å². The summed E-state index contributed by atoms with van der Waals surface area (Å²) in [5.41, 5.74) is 1.65. The van der Waals surface area contributed by atoms with Crippen molar-refractivity contribution < 1.29 is 4.79 Å². The first-order valence-electron chi connectivity index (χ1n) is 4.78. The molecule has 2 rings (SSSR count). The average Bonchev–Trinajstić information content (AvgIpc) is 2.64. The number of amides is 1. The Hall–Kier alpha value is -1.91. The fourth-order valence-corrected chi connectivity index (χ4v) is 1.16. The maximum absolute atomic E-state index is 11.4. The number of hydrogen-bond acceptors (Lipinski definition) is 3. The van der Waals surface area contributed by atoms with Gasteiger partial charge < -0.3 is 4.98 Å². The topological polar surface area (TPSA) is 70.7 Å². The minimum absolute atomic E-state index is 0.0736. The van der Waals surface area contributed by atoms with Crippen molar-refractivity contribution in [3.8, 4) is 0 Å². The van der Waals surface area contributed by atoms with Gasteiger partial charge in [0.2, 0.25) is 11.9 Å². The molecule has 2 aromatic rings. The summed E-state index contributed by atoms with van der Waals surface area (Å²) in [5.74, 6) is 0.196. The summed E-state index contributed by atoms with van der Waals surface area (Å²) in [5, 5.41) is 2.65. The molecule has 0 bridgehead atoms. The van der Waals surface area contributed by atoms with Crippen LogP contribution in [0.3, 0.4) is 0 Å². The van der Waals surface area contributed by atoms with Crippen LogP contribution >= 0.6 is 0 Å². The lowest BCUT2D eigenvalue weighted by atomic mass is 10.2. The summed E-state index contributed by atoms with van der Waals surface area (Å²) >= 11 is 0. The Morgan fingerprint density at radius 1 is 1.53 bits per heavy atom. The van der Waals surface area contributed by atoms with Gasteiger partial charge in [0.15, 0.2) is 0 Å². The average molecular weight is 204 g/mol. The predicted octanol–water partition coefficient (Wildman–Crippen LogP) is 1.55. The van der Waals surface area contributed by atoms with E-state index in [2.05, 4.69) is 20.3 Å². The molecule has 0 aliphatic rings. The highest BCUT2D eigenvalue weighted by atomic mass is 16.1. The Labute approximate surface area is 86.9 Å². The van der Waals surface area contributed by atoms with Crippen molar-refractivity contribution in [2.24, 2.45) is 5.92 Å². The molecule has 0 aliphatic carbocycles. The van der Waals surface area contributed by atoms with Gasteiger partial charge in [-0.2, -0.15) is 0 Å². The molecular formula is C10H12N4O. The van der Waals surface area contributed by atoms with Crippen molar-refractivity contribution >= 4 is 22.9 Å². The highest BCUT2D eigenvalue weighted by Gasteiger charge is 2.09. The fraction of sp³-hybridized carbons (Fsp3) is 0.300. The van der Waals surface area contributed by atoms with Gasteiger partial charge in [0.1, 0.15) is 0 Å². The molecule has 2 aromatic heterocycles. The highest BCUT2D eigenvalue weighted by molar-refractivity contribution is 5.91. The minimum atomic E-state index is -0.0788. The first-order valence-corrected chi connectivity index (χ1v) is 4.78. The largest absolute Gasteiger partial charge is 0.359 e. The first-order chi connectivity index (χ1) is 7.16. The summed E-state index contributed by atoms with van der Waals surface area (Å²) in [7, 11) is 0. The van der Waals surface area contributed by atoms with E-state index in [1.54, 1.807) is 12.4 Å². The van der Waals surface area contributed by atoms with Crippen LogP contribution in [0.4, 0.5) is 5.95 Å². The molecule has 0 spiro atoms. The van der Waals surface area contributed by atoms with E-state index in [4.69, 9.17) is 0 Å². The van der Waals surface area contributed by atoms with Crippen molar-refractivity contribution in [2.75, 3.05) is 5.32 Å². The van der Waals surface area contributed by atoms with E-state index in [0.29, 0.717) is 5.95 Å². The molecule has 0 aliphatic heterocycles. The minimum Gasteiger partial charge on any atom is -0.359 e. The van der Waals surface area contributed by atoms with Crippen LogP contribution in [0.2, 0.25) is 0 Å². The number of carbonyl (C=O) groups excluding carboxylic acids is 1.